The highest BCUT2D eigenvalue weighted by molar-refractivity contribution is 6.04. The number of nitrogens with one attached hydrogen (secondary N) is 3. The van der Waals surface area contributed by atoms with Gasteiger partial charge in [0.05, 0.1) is 23.3 Å². The number of benzene rings is 2. The van der Waals surface area contributed by atoms with Crippen molar-refractivity contribution in [3.8, 4) is 0 Å². The van der Waals surface area contributed by atoms with Crippen LogP contribution in [0, 0.1) is 6.92 Å². The van der Waals surface area contributed by atoms with Gasteiger partial charge in [0.1, 0.15) is 12.1 Å². The molecule has 0 fully saturated rings. The maximum absolute atomic E-state index is 12.3. The number of fused-ring (bicyclic) bond motifs is 3. The van der Waals surface area contributed by atoms with Crippen LogP contribution in [0.4, 0.5) is 0 Å². The van der Waals surface area contributed by atoms with Gasteiger partial charge in [0.15, 0.2) is 11.6 Å². The van der Waals surface area contributed by atoms with Crippen molar-refractivity contribution < 1.29 is 9.21 Å². The third kappa shape index (κ3) is 4.82. The largest absolute Gasteiger partial charge is 0.448 e. The second kappa shape index (κ2) is 9.84. The Balaban J connectivity index is 1.08. The van der Waals surface area contributed by atoms with Crippen LogP contribution in [0.1, 0.15) is 33.5 Å². The number of hydrogen-bond acceptors (Lipinski definition) is 6. The fourth-order valence-electron chi connectivity index (χ4n) is 3.93. The average Bonchev–Trinajstić information content (AvgIpc) is 3.50. The van der Waals surface area contributed by atoms with Gasteiger partial charge in [0, 0.05) is 37.5 Å². The van der Waals surface area contributed by atoms with Crippen molar-refractivity contribution in [3.63, 3.8) is 0 Å². The minimum Gasteiger partial charge on any atom is -0.448 e. The Morgan fingerprint density at radius 3 is 2.82 bits per heavy atom. The zero-order chi connectivity index (χ0) is 23.3. The van der Waals surface area contributed by atoms with E-state index in [-0.39, 0.29) is 11.6 Å². The quantitative estimate of drug-likeness (QED) is 0.293. The topological polar surface area (TPSA) is 109 Å². The van der Waals surface area contributed by atoms with E-state index < -0.39 is 0 Å². The molecular weight excluding hydrogens is 428 g/mol. The zero-order valence-electron chi connectivity index (χ0n) is 19.0. The summed E-state index contributed by atoms with van der Waals surface area (Å²) in [4.78, 5) is 29.1. The number of carbonyl (C=O) groups excluding carboxylic acids is 1. The summed E-state index contributed by atoms with van der Waals surface area (Å²) >= 11 is 0. The summed E-state index contributed by atoms with van der Waals surface area (Å²) in [5, 5.41) is 8.58. The monoisotopic (exact) mass is 454 g/mol. The molecule has 0 aliphatic rings. The molecule has 0 atom stereocenters. The summed E-state index contributed by atoms with van der Waals surface area (Å²) in [6.07, 6.45) is 4.49. The van der Waals surface area contributed by atoms with Crippen LogP contribution < -0.4 is 10.6 Å². The molecule has 8 heteroatoms. The van der Waals surface area contributed by atoms with Crippen LogP contribution in [0.3, 0.4) is 0 Å². The summed E-state index contributed by atoms with van der Waals surface area (Å²) in [7, 11) is 0. The van der Waals surface area contributed by atoms with Gasteiger partial charge in [-0.1, -0.05) is 36.4 Å². The van der Waals surface area contributed by atoms with E-state index in [1.54, 1.807) is 6.20 Å². The van der Waals surface area contributed by atoms with Crippen LogP contribution in [-0.2, 0) is 19.4 Å². The normalized spacial score (nSPS) is 11.3. The average molecular weight is 455 g/mol. The Labute approximate surface area is 196 Å². The lowest BCUT2D eigenvalue weighted by Gasteiger charge is -2.05. The van der Waals surface area contributed by atoms with Gasteiger partial charge in [-0.05, 0) is 30.0 Å². The molecule has 0 saturated heterocycles. The molecule has 3 N–H and O–H groups in total. The number of H-pyrrole nitrogens is 1. The SMILES string of the molecule is Cc1cccnc1CNC(=O)c1coc(CCNCCc2nc3c(ccc4ccccc43)[nH]2)n1. The number of imidazole rings is 1. The molecule has 3 heterocycles. The Bertz CT molecular complexity index is 1440. The first-order valence-corrected chi connectivity index (χ1v) is 11.4. The molecule has 8 nitrogen and oxygen atoms in total. The first-order chi connectivity index (χ1) is 16.7. The molecule has 0 aliphatic heterocycles. The number of aromatic amines is 1. The molecule has 0 unspecified atom stereocenters. The molecule has 5 rings (SSSR count). The summed E-state index contributed by atoms with van der Waals surface area (Å²) in [5.74, 6) is 1.21. The Kier molecular flexibility index (Phi) is 6.31. The van der Waals surface area contributed by atoms with Gasteiger partial charge in [-0.3, -0.25) is 9.78 Å². The second-order valence-electron chi connectivity index (χ2n) is 8.19. The number of nitrogens with zero attached hydrogens (tertiary/aromatic N) is 3. The van der Waals surface area contributed by atoms with Crippen LogP contribution in [0.25, 0.3) is 21.8 Å². The molecule has 0 radical (unpaired) electrons. The molecule has 172 valence electrons. The fraction of sp³-hybridized carbons (Fsp3) is 0.231. The van der Waals surface area contributed by atoms with E-state index in [1.807, 2.05) is 31.2 Å². The van der Waals surface area contributed by atoms with E-state index in [2.05, 4.69) is 49.9 Å². The fourth-order valence-corrected chi connectivity index (χ4v) is 3.93. The van der Waals surface area contributed by atoms with E-state index in [9.17, 15) is 4.79 Å². The summed E-state index contributed by atoms with van der Waals surface area (Å²) in [6, 6.07) is 16.3. The lowest BCUT2D eigenvalue weighted by Crippen LogP contribution is -2.24. The molecule has 0 spiro atoms. The molecule has 34 heavy (non-hydrogen) atoms. The zero-order valence-corrected chi connectivity index (χ0v) is 19.0. The first kappa shape index (κ1) is 21.8. The van der Waals surface area contributed by atoms with E-state index in [4.69, 9.17) is 9.40 Å². The van der Waals surface area contributed by atoms with Gasteiger partial charge < -0.3 is 20.0 Å². The number of rotatable bonds is 9. The summed E-state index contributed by atoms with van der Waals surface area (Å²) in [5.41, 5.74) is 4.21. The molecule has 0 aliphatic carbocycles. The minimum atomic E-state index is -0.273. The number of oxazole rings is 1. The summed E-state index contributed by atoms with van der Waals surface area (Å²) in [6.45, 7) is 3.78. The van der Waals surface area contributed by atoms with Crippen molar-refractivity contribution in [1.29, 1.82) is 0 Å². The molecule has 5 aromatic rings. The van der Waals surface area contributed by atoms with E-state index in [1.165, 1.54) is 11.6 Å². The first-order valence-electron chi connectivity index (χ1n) is 11.4. The second-order valence-corrected chi connectivity index (χ2v) is 8.19. The molecule has 1 amide bonds. The van der Waals surface area contributed by atoms with Crippen LogP contribution in [0.2, 0.25) is 0 Å². The van der Waals surface area contributed by atoms with Crippen LogP contribution in [0.5, 0.6) is 0 Å². The third-order valence-corrected chi connectivity index (χ3v) is 5.80. The number of aromatic nitrogens is 4. The molecule has 3 aromatic heterocycles. The van der Waals surface area contributed by atoms with Crippen LogP contribution >= 0.6 is 0 Å². The van der Waals surface area contributed by atoms with Crippen molar-refractivity contribution in [3.05, 3.63) is 89.7 Å². The highest BCUT2D eigenvalue weighted by Gasteiger charge is 2.13. The number of carbonyl (C=O) groups is 1. The number of hydrogen-bond donors (Lipinski definition) is 3. The number of pyridine rings is 1. The third-order valence-electron chi connectivity index (χ3n) is 5.80. The lowest BCUT2D eigenvalue weighted by atomic mass is 10.1. The Morgan fingerprint density at radius 2 is 1.91 bits per heavy atom. The van der Waals surface area contributed by atoms with E-state index in [0.29, 0.717) is 25.4 Å². The molecule has 0 bridgehead atoms. The van der Waals surface area contributed by atoms with E-state index in [0.717, 1.165) is 46.5 Å². The van der Waals surface area contributed by atoms with Crippen molar-refractivity contribution in [2.24, 2.45) is 0 Å². The summed E-state index contributed by atoms with van der Waals surface area (Å²) < 4.78 is 5.46. The number of aryl methyl sites for hydroxylation is 1. The van der Waals surface area contributed by atoms with Crippen molar-refractivity contribution >= 4 is 27.7 Å². The van der Waals surface area contributed by atoms with Crippen molar-refractivity contribution in [2.45, 2.75) is 26.3 Å². The highest BCUT2D eigenvalue weighted by atomic mass is 16.3. The van der Waals surface area contributed by atoms with Gasteiger partial charge in [0.25, 0.3) is 5.91 Å². The Hall–Kier alpha value is -4.04. The van der Waals surface area contributed by atoms with Crippen molar-refractivity contribution in [2.75, 3.05) is 13.1 Å². The van der Waals surface area contributed by atoms with E-state index >= 15 is 0 Å². The lowest BCUT2D eigenvalue weighted by molar-refractivity contribution is 0.0945. The Morgan fingerprint density at radius 1 is 1.03 bits per heavy atom. The smallest absolute Gasteiger partial charge is 0.273 e. The van der Waals surface area contributed by atoms with Crippen LogP contribution in [0.15, 0.2) is 65.4 Å². The maximum atomic E-state index is 12.3. The molecule has 0 saturated carbocycles. The minimum absolute atomic E-state index is 0.273. The predicted molar refractivity (Wildman–Crippen MR) is 131 cm³/mol. The van der Waals surface area contributed by atoms with Crippen LogP contribution in [-0.4, -0.2) is 38.9 Å². The number of amides is 1. The van der Waals surface area contributed by atoms with Gasteiger partial charge in [-0.15, -0.1) is 0 Å². The standard InChI is InChI=1S/C26H26N6O2/c1-17-5-4-12-28-21(17)15-29-26(33)22-16-34-24(31-22)11-14-27-13-10-23-30-20-9-8-18-6-2-3-7-19(18)25(20)32-23/h2-9,12,16,27H,10-11,13-15H2,1H3,(H,29,33)(H,30,32). The van der Waals surface area contributed by atoms with Gasteiger partial charge in [-0.2, -0.15) is 0 Å². The van der Waals surface area contributed by atoms with Gasteiger partial charge in [0.2, 0.25) is 0 Å². The van der Waals surface area contributed by atoms with Gasteiger partial charge >= 0.3 is 0 Å². The predicted octanol–water partition coefficient (Wildman–Crippen LogP) is 3.71. The highest BCUT2D eigenvalue weighted by Crippen LogP contribution is 2.23. The molecule has 2 aromatic carbocycles. The maximum Gasteiger partial charge on any atom is 0.273 e. The van der Waals surface area contributed by atoms with Gasteiger partial charge in [-0.25, -0.2) is 9.97 Å². The van der Waals surface area contributed by atoms with Crippen molar-refractivity contribution in [1.82, 2.24) is 30.6 Å². The molecular formula is C26H26N6O2.